The van der Waals surface area contributed by atoms with Crippen molar-refractivity contribution in [3.63, 3.8) is 0 Å². The van der Waals surface area contributed by atoms with Crippen LogP contribution in [0.2, 0.25) is 0 Å². The molecule has 0 spiro atoms. The molecule has 1 unspecified atom stereocenters. The summed E-state index contributed by atoms with van der Waals surface area (Å²) in [7, 11) is 0. The lowest BCUT2D eigenvalue weighted by atomic mass is 9.96. The van der Waals surface area contributed by atoms with Gasteiger partial charge >= 0.3 is 0 Å². The maximum atomic E-state index is 12.1. The van der Waals surface area contributed by atoms with Gasteiger partial charge in [0.1, 0.15) is 0 Å². The predicted molar refractivity (Wildman–Crippen MR) is 75.1 cm³/mol. The second-order valence-corrected chi connectivity index (χ2v) is 4.79. The normalized spacial score (nSPS) is 18.1. The number of hydrogen-bond acceptors (Lipinski definition) is 3. The molecular formula is C14H17N3O3. The fourth-order valence-electron chi connectivity index (χ4n) is 2.13. The summed E-state index contributed by atoms with van der Waals surface area (Å²) in [6.07, 6.45) is 0.861. The number of nitrogens with one attached hydrogen (secondary N) is 3. The molecular weight excluding hydrogens is 258 g/mol. The van der Waals surface area contributed by atoms with E-state index < -0.39 is 0 Å². The van der Waals surface area contributed by atoms with Gasteiger partial charge in [-0.05, 0) is 24.6 Å². The van der Waals surface area contributed by atoms with Gasteiger partial charge < -0.3 is 16.0 Å². The molecule has 3 N–H and O–H groups in total. The number of amides is 3. The van der Waals surface area contributed by atoms with Crippen molar-refractivity contribution >= 4 is 29.1 Å². The topological polar surface area (TPSA) is 87.3 Å². The highest BCUT2D eigenvalue weighted by Crippen LogP contribution is 2.19. The Bertz CT molecular complexity index is 542. The molecule has 2 rings (SSSR count). The van der Waals surface area contributed by atoms with Crippen molar-refractivity contribution in [2.45, 2.75) is 19.8 Å². The zero-order chi connectivity index (χ0) is 14.5. The van der Waals surface area contributed by atoms with E-state index in [0.717, 1.165) is 0 Å². The predicted octanol–water partition coefficient (Wildman–Crippen LogP) is 1.11. The van der Waals surface area contributed by atoms with E-state index in [-0.39, 0.29) is 30.1 Å². The Kier molecular flexibility index (Phi) is 4.34. The fourth-order valence-corrected chi connectivity index (χ4v) is 2.13. The van der Waals surface area contributed by atoms with Crippen LogP contribution in [0.15, 0.2) is 24.3 Å². The second kappa shape index (κ2) is 6.18. The average molecular weight is 275 g/mol. The van der Waals surface area contributed by atoms with E-state index in [1.165, 1.54) is 6.92 Å². The Labute approximate surface area is 116 Å². The number of benzene rings is 1. The average Bonchev–Trinajstić information content (AvgIpc) is 2.38. The van der Waals surface area contributed by atoms with Crippen LogP contribution in [0.1, 0.15) is 19.8 Å². The SMILES string of the molecule is CC(=O)Nc1cccc(NC(=O)C2CCNC(=O)C2)c1. The monoisotopic (exact) mass is 275 g/mol. The number of carbonyl (C=O) groups is 3. The van der Waals surface area contributed by atoms with Crippen LogP contribution in [-0.4, -0.2) is 24.3 Å². The Morgan fingerprint density at radius 1 is 1.25 bits per heavy atom. The largest absolute Gasteiger partial charge is 0.356 e. The minimum atomic E-state index is -0.298. The van der Waals surface area contributed by atoms with Crippen LogP contribution >= 0.6 is 0 Å². The molecule has 6 nitrogen and oxygen atoms in total. The van der Waals surface area contributed by atoms with Crippen molar-refractivity contribution in [3.8, 4) is 0 Å². The fraction of sp³-hybridized carbons (Fsp3) is 0.357. The molecule has 0 saturated carbocycles. The summed E-state index contributed by atoms with van der Waals surface area (Å²) in [5, 5.41) is 8.12. The van der Waals surface area contributed by atoms with Gasteiger partial charge in [0.15, 0.2) is 0 Å². The second-order valence-electron chi connectivity index (χ2n) is 4.79. The van der Waals surface area contributed by atoms with Crippen molar-refractivity contribution in [3.05, 3.63) is 24.3 Å². The van der Waals surface area contributed by atoms with E-state index in [0.29, 0.717) is 24.3 Å². The van der Waals surface area contributed by atoms with Crippen LogP contribution in [-0.2, 0) is 14.4 Å². The molecule has 6 heteroatoms. The molecule has 0 aliphatic carbocycles. The molecule has 1 fully saturated rings. The lowest BCUT2D eigenvalue weighted by molar-refractivity contribution is -0.129. The first-order valence-electron chi connectivity index (χ1n) is 6.50. The third-order valence-electron chi connectivity index (χ3n) is 3.07. The van der Waals surface area contributed by atoms with E-state index >= 15 is 0 Å². The lowest BCUT2D eigenvalue weighted by Crippen LogP contribution is -2.38. The van der Waals surface area contributed by atoms with E-state index in [9.17, 15) is 14.4 Å². The Morgan fingerprint density at radius 3 is 2.60 bits per heavy atom. The molecule has 106 valence electrons. The van der Waals surface area contributed by atoms with Gasteiger partial charge in [-0.3, -0.25) is 14.4 Å². The maximum absolute atomic E-state index is 12.1. The van der Waals surface area contributed by atoms with Gasteiger partial charge in [-0.2, -0.15) is 0 Å². The highest BCUT2D eigenvalue weighted by atomic mass is 16.2. The highest BCUT2D eigenvalue weighted by molar-refractivity contribution is 5.96. The summed E-state index contributed by atoms with van der Waals surface area (Å²) < 4.78 is 0. The van der Waals surface area contributed by atoms with E-state index in [2.05, 4.69) is 16.0 Å². The third-order valence-corrected chi connectivity index (χ3v) is 3.07. The molecule has 1 aromatic carbocycles. The van der Waals surface area contributed by atoms with E-state index in [1.54, 1.807) is 24.3 Å². The summed E-state index contributed by atoms with van der Waals surface area (Å²) in [6.45, 7) is 1.95. The van der Waals surface area contributed by atoms with Crippen LogP contribution < -0.4 is 16.0 Å². The molecule has 0 aromatic heterocycles. The van der Waals surface area contributed by atoms with Crippen molar-refractivity contribution in [2.75, 3.05) is 17.2 Å². The first kappa shape index (κ1) is 14.0. The molecule has 0 radical (unpaired) electrons. The molecule has 1 aliphatic rings. The van der Waals surface area contributed by atoms with Crippen LogP contribution in [0.25, 0.3) is 0 Å². The summed E-state index contributed by atoms with van der Waals surface area (Å²) in [4.78, 5) is 34.3. The van der Waals surface area contributed by atoms with Crippen LogP contribution in [0, 0.1) is 5.92 Å². The molecule has 1 saturated heterocycles. The van der Waals surface area contributed by atoms with Gasteiger partial charge in [-0.25, -0.2) is 0 Å². The van der Waals surface area contributed by atoms with Crippen LogP contribution in [0.3, 0.4) is 0 Å². The third kappa shape index (κ3) is 3.81. The van der Waals surface area contributed by atoms with E-state index in [4.69, 9.17) is 0 Å². The van der Waals surface area contributed by atoms with Gasteiger partial charge in [-0.1, -0.05) is 6.07 Å². The van der Waals surface area contributed by atoms with Gasteiger partial charge in [0, 0.05) is 37.2 Å². The van der Waals surface area contributed by atoms with Gasteiger partial charge in [-0.15, -0.1) is 0 Å². The molecule has 1 aliphatic heterocycles. The van der Waals surface area contributed by atoms with Crippen molar-refractivity contribution < 1.29 is 14.4 Å². The summed E-state index contributed by atoms with van der Waals surface area (Å²) in [6, 6.07) is 6.91. The number of piperidine rings is 1. The van der Waals surface area contributed by atoms with Crippen molar-refractivity contribution in [1.29, 1.82) is 0 Å². The smallest absolute Gasteiger partial charge is 0.228 e. The number of carbonyl (C=O) groups excluding carboxylic acids is 3. The molecule has 0 bridgehead atoms. The maximum Gasteiger partial charge on any atom is 0.228 e. The van der Waals surface area contributed by atoms with Crippen LogP contribution in [0.4, 0.5) is 11.4 Å². The van der Waals surface area contributed by atoms with Gasteiger partial charge in [0.2, 0.25) is 17.7 Å². The quantitative estimate of drug-likeness (QED) is 0.772. The van der Waals surface area contributed by atoms with Gasteiger partial charge in [0.25, 0.3) is 0 Å². The molecule has 1 atom stereocenters. The van der Waals surface area contributed by atoms with E-state index in [1.807, 2.05) is 0 Å². The first-order chi connectivity index (χ1) is 9.54. The zero-order valence-electron chi connectivity index (χ0n) is 11.2. The molecule has 1 heterocycles. The van der Waals surface area contributed by atoms with Crippen molar-refractivity contribution in [2.24, 2.45) is 5.92 Å². The molecule has 1 aromatic rings. The summed E-state index contributed by atoms with van der Waals surface area (Å²) >= 11 is 0. The molecule has 3 amide bonds. The van der Waals surface area contributed by atoms with Crippen LogP contribution in [0.5, 0.6) is 0 Å². The number of rotatable bonds is 3. The number of anilines is 2. The van der Waals surface area contributed by atoms with Gasteiger partial charge in [0.05, 0.1) is 0 Å². The first-order valence-corrected chi connectivity index (χ1v) is 6.50. The standard InChI is InChI=1S/C14H17N3O3/c1-9(18)16-11-3-2-4-12(8-11)17-14(20)10-5-6-15-13(19)7-10/h2-4,8,10H,5-7H2,1H3,(H,15,19)(H,16,18)(H,17,20). The zero-order valence-corrected chi connectivity index (χ0v) is 11.2. The Hall–Kier alpha value is -2.37. The number of hydrogen-bond donors (Lipinski definition) is 3. The summed E-state index contributed by atoms with van der Waals surface area (Å²) in [5.74, 6) is -0.728. The summed E-state index contributed by atoms with van der Waals surface area (Å²) in [5.41, 5.74) is 1.23. The minimum absolute atomic E-state index is 0.0941. The highest BCUT2D eigenvalue weighted by Gasteiger charge is 2.25. The lowest BCUT2D eigenvalue weighted by Gasteiger charge is -2.21. The Morgan fingerprint density at radius 2 is 1.95 bits per heavy atom. The minimum Gasteiger partial charge on any atom is -0.356 e. The molecule has 20 heavy (non-hydrogen) atoms. The Balaban J connectivity index is 2.00. The van der Waals surface area contributed by atoms with Crippen molar-refractivity contribution in [1.82, 2.24) is 5.32 Å².